The van der Waals surface area contributed by atoms with Crippen LogP contribution in [0.5, 0.6) is 0 Å². The van der Waals surface area contributed by atoms with Crippen molar-refractivity contribution in [3.63, 3.8) is 0 Å². The molecule has 0 N–H and O–H groups in total. The van der Waals surface area contributed by atoms with Gasteiger partial charge in [-0.1, -0.05) is 53.6 Å². The normalized spacial score (nSPS) is 9.67. The van der Waals surface area contributed by atoms with Crippen LogP contribution in [0, 0.1) is 0 Å². The first-order valence-electron chi connectivity index (χ1n) is 4.21. The van der Waals surface area contributed by atoms with Crippen molar-refractivity contribution in [1.82, 2.24) is 0 Å². The lowest BCUT2D eigenvalue weighted by Gasteiger charge is -1.94. The molecule has 0 radical (unpaired) electrons. The highest BCUT2D eigenvalue weighted by atomic mass is 79.9. The minimum absolute atomic E-state index is 1.14. The monoisotopic (exact) mass is 230 g/mol. The highest BCUT2D eigenvalue weighted by Crippen LogP contribution is 2.14. The molecular weight excluding hydrogens is 212 g/mol. The molecule has 12 heavy (non-hydrogen) atoms. The zero-order chi connectivity index (χ0) is 10.1. The molecule has 0 aliphatic heterocycles. The van der Waals surface area contributed by atoms with Crippen LogP contribution in [0.2, 0.25) is 0 Å². The van der Waals surface area contributed by atoms with Crippen LogP contribution in [0.3, 0.4) is 0 Å². The van der Waals surface area contributed by atoms with Crippen molar-refractivity contribution in [2.75, 3.05) is 0 Å². The minimum atomic E-state index is 1.14. The first kappa shape index (κ1) is 14.2. The summed E-state index contributed by atoms with van der Waals surface area (Å²) in [5, 5.41) is 0. The van der Waals surface area contributed by atoms with Crippen LogP contribution in [0.25, 0.3) is 0 Å². The van der Waals surface area contributed by atoms with Crippen molar-refractivity contribution in [3.05, 3.63) is 34.4 Å². The van der Waals surface area contributed by atoms with Gasteiger partial charge in [-0.3, -0.25) is 0 Å². The van der Waals surface area contributed by atoms with E-state index < -0.39 is 0 Å². The zero-order valence-electron chi connectivity index (χ0n) is 8.74. The van der Waals surface area contributed by atoms with E-state index in [-0.39, 0.29) is 0 Å². The van der Waals surface area contributed by atoms with Crippen molar-refractivity contribution in [2.24, 2.45) is 0 Å². The fourth-order valence-corrected chi connectivity index (χ4v) is 0.764. The quantitative estimate of drug-likeness (QED) is 0.597. The van der Waals surface area contributed by atoms with E-state index in [0.717, 1.165) is 4.48 Å². The first-order chi connectivity index (χ1) is 5.57. The summed E-state index contributed by atoms with van der Waals surface area (Å²) in [4.78, 5) is 0. The van der Waals surface area contributed by atoms with Gasteiger partial charge in [-0.15, -0.1) is 0 Å². The fraction of sp³-hybridized carbons (Fsp3) is 0.455. The molecule has 0 aromatic heterocycles. The molecule has 0 aromatic rings. The molecule has 0 nitrogen and oxygen atoms in total. The predicted octanol–water partition coefficient (Wildman–Crippen LogP) is 4.83. The zero-order valence-corrected chi connectivity index (χ0v) is 10.3. The summed E-state index contributed by atoms with van der Waals surface area (Å²) < 4.78 is 1.14. The lowest BCUT2D eigenvalue weighted by atomic mass is 10.2. The third-order valence-electron chi connectivity index (χ3n) is 1.15. The number of hydrogen-bond acceptors (Lipinski definition) is 0. The van der Waals surface area contributed by atoms with Crippen LogP contribution in [0.15, 0.2) is 34.4 Å². The Morgan fingerprint density at radius 3 is 1.83 bits per heavy atom. The fourth-order valence-electron chi connectivity index (χ4n) is 0.403. The van der Waals surface area contributed by atoms with Crippen LogP contribution in [-0.2, 0) is 0 Å². The van der Waals surface area contributed by atoms with Gasteiger partial charge >= 0.3 is 0 Å². The Balaban J connectivity index is 0. The Morgan fingerprint density at radius 1 is 1.17 bits per heavy atom. The summed E-state index contributed by atoms with van der Waals surface area (Å²) in [5.74, 6) is 0. The van der Waals surface area contributed by atoms with E-state index in [2.05, 4.69) is 42.4 Å². The maximum atomic E-state index is 3.66. The molecule has 0 atom stereocenters. The van der Waals surface area contributed by atoms with Crippen molar-refractivity contribution < 1.29 is 0 Å². The maximum absolute atomic E-state index is 3.66. The average Bonchev–Trinajstić information content (AvgIpc) is 2.07. The van der Waals surface area contributed by atoms with E-state index in [0.29, 0.717) is 0 Å². The van der Waals surface area contributed by atoms with Gasteiger partial charge in [0, 0.05) is 4.48 Å². The average molecular weight is 231 g/mol. The van der Waals surface area contributed by atoms with Crippen molar-refractivity contribution in [3.8, 4) is 0 Å². The van der Waals surface area contributed by atoms with Gasteiger partial charge in [0.1, 0.15) is 0 Å². The Bertz CT molecular complexity index is 181. The highest BCUT2D eigenvalue weighted by molar-refractivity contribution is 9.11. The van der Waals surface area contributed by atoms with Gasteiger partial charge in [-0.25, -0.2) is 0 Å². The topological polar surface area (TPSA) is 0 Å². The van der Waals surface area contributed by atoms with E-state index in [1.165, 1.54) is 11.1 Å². The van der Waals surface area contributed by atoms with Crippen LogP contribution in [-0.4, -0.2) is 0 Å². The summed E-state index contributed by atoms with van der Waals surface area (Å²) in [5.41, 5.74) is 2.45. The molecule has 0 aromatic carbocycles. The van der Waals surface area contributed by atoms with Crippen LogP contribution in [0.1, 0.15) is 34.6 Å². The molecule has 0 amide bonds. The van der Waals surface area contributed by atoms with Crippen LogP contribution >= 0.6 is 15.9 Å². The molecule has 0 heterocycles. The van der Waals surface area contributed by atoms with Crippen LogP contribution in [0.4, 0.5) is 0 Å². The maximum Gasteiger partial charge on any atom is 0.0164 e. The van der Waals surface area contributed by atoms with Crippen molar-refractivity contribution >= 4 is 15.9 Å². The van der Waals surface area contributed by atoms with Gasteiger partial charge in [0.15, 0.2) is 0 Å². The van der Waals surface area contributed by atoms with Gasteiger partial charge in [0.05, 0.1) is 0 Å². The van der Waals surface area contributed by atoms with E-state index in [1.54, 1.807) is 0 Å². The molecule has 0 saturated heterocycles. The molecule has 0 bridgehead atoms. The molecule has 0 aliphatic rings. The molecule has 0 saturated carbocycles. The Morgan fingerprint density at radius 2 is 1.58 bits per heavy atom. The smallest absolute Gasteiger partial charge is 0.0164 e. The summed E-state index contributed by atoms with van der Waals surface area (Å²) >= 11 is 3.44. The van der Waals surface area contributed by atoms with Gasteiger partial charge < -0.3 is 0 Å². The second-order valence-corrected chi connectivity index (χ2v) is 3.29. The van der Waals surface area contributed by atoms with E-state index in [9.17, 15) is 0 Å². The van der Waals surface area contributed by atoms with Crippen molar-refractivity contribution in [2.45, 2.75) is 34.6 Å². The number of halogens is 1. The Labute approximate surface area is 85.2 Å². The second-order valence-electron chi connectivity index (χ2n) is 2.44. The van der Waals surface area contributed by atoms with E-state index in [4.69, 9.17) is 0 Å². The van der Waals surface area contributed by atoms with Gasteiger partial charge in [0.25, 0.3) is 0 Å². The van der Waals surface area contributed by atoms with Crippen molar-refractivity contribution in [1.29, 1.82) is 0 Å². The second kappa shape index (κ2) is 8.79. The van der Waals surface area contributed by atoms with E-state index >= 15 is 0 Å². The van der Waals surface area contributed by atoms with E-state index in [1.807, 2.05) is 26.8 Å². The standard InChI is InChI=1S/C9H13Br.C2H6/c1-5-8(4)6-9(10)7(2)3;1-2/h5-6H,1H2,2-4H3;1-2H3/b8-6-;. The lowest BCUT2D eigenvalue weighted by molar-refractivity contribution is 1.37. The summed E-state index contributed by atoms with van der Waals surface area (Å²) in [6.07, 6.45) is 3.90. The first-order valence-corrected chi connectivity index (χ1v) is 5.01. The largest absolute Gasteiger partial charge is 0.0988 e. The molecule has 0 aliphatic carbocycles. The third-order valence-corrected chi connectivity index (χ3v) is 2.18. The summed E-state index contributed by atoms with van der Waals surface area (Å²) in [6, 6.07) is 0. The van der Waals surface area contributed by atoms with Crippen LogP contribution < -0.4 is 0 Å². The lowest BCUT2D eigenvalue weighted by Crippen LogP contribution is -1.72. The Kier molecular flexibility index (Phi) is 10.4. The summed E-state index contributed by atoms with van der Waals surface area (Å²) in [7, 11) is 0. The van der Waals surface area contributed by atoms with Gasteiger partial charge in [0.2, 0.25) is 0 Å². The highest BCUT2D eigenvalue weighted by Gasteiger charge is 1.88. The number of rotatable bonds is 2. The molecule has 0 spiro atoms. The molecule has 0 rings (SSSR count). The molecule has 0 fully saturated rings. The predicted molar refractivity (Wildman–Crippen MR) is 62.6 cm³/mol. The molecular formula is C11H19Br. The molecule has 0 unspecified atom stereocenters. The summed E-state index contributed by atoms with van der Waals surface area (Å²) in [6.45, 7) is 13.8. The number of hydrogen-bond donors (Lipinski definition) is 0. The molecule has 1 heteroatoms. The molecule has 70 valence electrons. The van der Waals surface area contributed by atoms with Gasteiger partial charge in [-0.05, 0) is 26.8 Å². The minimum Gasteiger partial charge on any atom is -0.0988 e. The SMILES string of the molecule is C=C/C(C)=C\C(Br)=C(C)C.CC. The third kappa shape index (κ3) is 7.80. The Hall–Kier alpha value is -0.300. The number of allylic oxidation sites excluding steroid dienone is 5. The van der Waals surface area contributed by atoms with Gasteiger partial charge in [-0.2, -0.15) is 0 Å².